The Labute approximate surface area is 149 Å². The predicted molar refractivity (Wildman–Crippen MR) is 95.1 cm³/mol. The normalized spacial score (nSPS) is 11.8. The van der Waals surface area contributed by atoms with Gasteiger partial charge in [-0.2, -0.15) is 5.10 Å². The van der Waals surface area contributed by atoms with Gasteiger partial charge in [0.05, 0.1) is 22.1 Å². The van der Waals surface area contributed by atoms with Crippen LogP contribution in [0.4, 0.5) is 5.69 Å². The standard InChI is InChI=1S/C16H16N4O5S/c1-12(13-7-9-14(10-8-13)20(22)23)18-19-16(21)11-17-26(24,25)15-5-3-2-4-6-15/h2-10,17H,11H2,1H3,(H,19,21)/b18-12-. The molecule has 9 nitrogen and oxygen atoms in total. The molecule has 26 heavy (non-hydrogen) atoms. The highest BCUT2D eigenvalue weighted by atomic mass is 32.2. The van der Waals surface area contributed by atoms with Crippen LogP contribution in [0.5, 0.6) is 0 Å². The molecule has 136 valence electrons. The number of nitro groups is 1. The Kier molecular flexibility index (Phi) is 6.15. The molecule has 0 spiro atoms. The van der Waals surface area contributed by atoms with Gasteiger partial charge in [-0.15, -0.1) is 0 Å². The predicted octanol–water partition coefficient (Wildman–Crippen LogP) is 1.41. The highest BCUT2D eigenvalue weighted by Crippen LogP contribution is 2.12. The highest BCUT2D eigenvalue weighted by molar-refractivity contribution is 7.89. The lowest BCUT2D eigenvalue weighted by Gasteiger charge is -2.06. The van der Waals surface area contributed by atoms with E-state index in [-0.39, 0.29) is 10.6 Å². The third-order valence-corrected chi connectivity index (χ3v) is 4.74. The molecule has 2 rings (SSSR count). The third kappa shape index (κ3) is 5.19. The first-order chi connectivity index (χ1) is 12.3. The monoisotopic (exact) mass is 376 g/mol. The quantitative estimate of drug-likeness (QED) is 0.428. The van der Waals surface area contributed by atoms with Crippen LogP contribution in [0.1, 0.15) is 12.5 Å². The molecule has 2 aromatic carbocycles. The van der Waals surface area contributed by atoms with Crippen LogP contribution in [0.3, 0.4) is 0 Å². The molecule has 2 N–H and O–H groups in total. The topological polar surface area (TPSA) is 131 Å². The molecule has 0 aliphatic carbocycles. The van der Waals surface area contributed by atoms with Gasteiger partial charge in [0, 0.05) is 12.1 Å². The number of amides is 1. The van der Waals surface area contributed by atoms with E-state index in [1.807, 2.05) is 0 Å². The summed E-state index contributed by atoms with van der Waals surface area (Å²) in [7, 11) is -3.78. The van der Waals surface area contributed by atoms with Gasteiger partial charge >= 0.3 is 0 Å². The molecule has 0 aliphatic rings. The molecule has 0 bridgehead atoms. The highest BCUT2D eigenvalue weighted by Gasteiger charge is 2.14. The van der Waals surface area contributed by atoms with Crippen molar-refractivity contribution < 1.29 is 18.1 Å². The van der Waals surface area contributed by atoms with Crippen LogP contribution in [0.15, 0.2) is 64.6 Å². The molecule has 0 heterocycles. The van der Waals surface area contributed by atoms with Gasteiger partial charge in [-0.3, -0.25) is 14.9 Å². The average Bonchev–Trinajstić information content (AvgIpc) is 2.65. The maximum atomic E-state index is 12.0. The van der Waals surface area contributed by atoms with E-state index in [0.717, 1.165) is 0 Å². The fourth-order valence-electron chi connectivity index (χ4n) is 1.92. The number of benzene rings is 2. The van der Waals surface area contributed by atoms with Gasteiger partial charge in [0.2, 0.25) is 10.0 Å². The van der Waals surface area contributed by atoms with Crippen LogP contribution in [-0.2, 0) is 14.8 Å². The van der Waals surface area contributed by atoms with Crippen molar-refractivity contribution in [2.24, 2.45) is 5.10 Å². The molecule has 0 atom stereocenters. The first-order valence-electron chi connectivity index (χ1n) is 7.42. The minimum atomic E-state index is -3.78. The molecule has 2 aromatic rings. The largest absolute Gasteiger partial charge is 0.272 e. The second-order valence-corrected chi connectivity index (χ2v) is 6.94. The summed E-state index contributed by atoms with van der Waals surface area (Å²) in [5, 5.41) is 14.5. The molecular weight excluding hydrogens is 360 g/mol. The minimum absolute atomic E-state index is 0.0540. The zero-order valence-corrected chi connectivity index (χ0v) is 14.6. The maximum Gasteiger partial charge on any atom is 0.269 e. The fourth-order valence-corrected chi connectivity index (χ4v) is 2.92. The Bertz CT molecular complexity index is 925. The van der Waals surface area contributed by atoms with Crippen molar-refractivity contribution in [2.75, 3.05) is 6.54 Å². The van der Waals surface area contributed by atoms with E-state index in [0.29, 0.717) is 11.3 Å². The van der Waals surface area contributed by atoms with Gasteiger partial charge in [0.25, 0.3) is 11.6 Å². The smallest absolute Gasteiger partial charge is 0.269 e. The molecule has 0 aliphatic heterocycles. The minimum Gasteiger partial charge on any atom is -0.272 e. The van der Waals surface area contributed by atoms with Gasteiger partial charge in [0.1, 0.15) is 0 Å². The molecule has 0 aromatic heterocycles. The van der Waals surface area contributed by atoms with E-state index >= 15 is 0 Å². The molecule has 0 unspecified atom stereocenters. The maximum absolute atomic E-state index is 12.0. The SMILES string of the molecule is C/C(=N/NC(=O)CNS(=O)(=O)c1ccccc1)c1ccc([N+](=O)[O-])cc1. The summed E-state index contributed by atoms with van der Waals surface area (Å²) in [5.74, 6) is -0.647. The van der Waals surface area contributed by atoms with Crippen LogP contribution < -0.4 is 10.1 Å². The van der Waals surface area contributed by atoms with E-state index in [2.05, 4.69) is 15.2 Å². The summed E-state index contributed by atoms with van der Waals surface area (Å²) in [6.07, 6.45) is 0. The zero-order chi connectivity index (χ0) is 19.2. The molecule has 0 saturated carbocycles. The van der Waals surface area contributed by atoms with Crippen LogP contribution >= 0.6 is 0 Å². The Morgan fingerprint density at radius 3 is 2.31 bits per heavy atom. The van der Waals surface area contributed by atoms with Crippen LogP contribution in [0.2, 0.25) is 0 Å². The summed E-state index contributed by atoms with van der Waals surface area (Å²) < 4.78 is 26.2. The van der Waals surface area contributed by atoms with E-state index in [1.165, 1.54) is 36.4 Å². The number of hydrazone groups is 1. The van der Waals surface area contributed by atoms with Gasteiger partial charge < -0.3 is 0 Å². The van der Waals surface area contributed by atoms with Crippen molar-refractivity contribution >= 4 is 27.3 Å². The third-order valence-electron chi connectivity index (χ3n) is 3.32. The first-order valence-corrected chi connectivity index (χ1v) is 8.90. The second kappa shape index (κ2) is 8.32. The lowest BCUT2D eigenvalue weighted by molar-refractivity contribution is -0.384. The van der Waals surface area contributed by atoms with Crippen LogP contribution in [0, 0.1) is 10.1 Å². The Hall–Kier alpha value is -3.11. The number of carbonyl (C=O) groups excluding carboxylic acids is 1. The number of non-ortho nitro benzene ring substituents is 1. The van der Waals surface area contributed by atoms with Crippen molar-refractivity contribution in [1.82, 2.24) is 10.1 Å². The van der Waals surface area contributed by atoms with Crippen LogP contribution in [0.25, 0.3) is 0 Å². The number of nitrogens with zero attached hydrogens (tertiary/aromatic N) is 2. The summed E-state index contributed by atoms with van der Waals surface area (Å²) in [5.41, 5.74) is 3.18. The fraction of sp³-hybridized carbons (Fsp3) is 0.125. The Morgan fingerprint density at radius 2 is 1.73 bits per heavy atom. The van der Waals surface area contributed by atoms with E-state index in [9.17, 15) is 23.3 Å². The number of hydrogen-bond acceptors (Lipinski definition) is 6. The van der Waals surface area contributed by atoms with Gasteiger partial charge in [-0.25, -0.2) is 18.6 Å². The summed E-state index contributed by atoms with van der Waals surface area (Å²) >= 11 is 0. The van der Waals surface area contributed by atoms with Crippen LogP contribution in [-0.4, -0.2) is 31.5 Å². The lowest BCUT2D eigenvalue weighted by atomic mass is 10.1. The Balaban J connectivity index is 1.93. The van der Waals surface area contributed by atoms with Crippen molar-refractivity contribution in [3.05, 3.63) is 70.3 Å². The van der Waals surface area contributed by atoms with E-state index < -0.39 is 27.4 Å². The van der Waals surface area contributed by atoms with Gasteiger partial charge in [0.15, 0.2) is 0 Å². The summed E-state index contributed by atoms with van der Waals surface area (Å²) in [6.45, 7) is 1.13. The first kappa shape index (κ1) is 19.2. The zero-order valence-electron chi connectivity index (χ0n) is 13.7. The van der Waals surface area contributed by atoms with Crippen molar-refractivity contribution in [3.63, 3.8) is 0 Å². The van der Waals surface area contributed by atoms with Crippen molar-refractivity contribution in [2.45, 2.75) is 11.8 Å². The molecular formula is C16H16N4O5S. The number of sulfonamides is 1. The van der Waals surface area contributed by atoms with Gasteiger partial charge in [-0.05, 0) is 36.8 Å². The number of rotatable bonds is 7. The summed E-state index contributed by atoms with van der Waals surface area (Å²) in [4.78, 5) is 21.9. The molecule has 0 fully saturated rings. The van der Waals surface area contributed by atoms with E-state index in [1.54, 1.807) is 25.1 Å². The average molecular weight is 376 g/mol. The molecule has 10 heteroatoms. The number of carbonyl (C=O) groups is 1. The Morgan fingerprint density at radius 1 is 1.12 bits per heavy atom. The molecule has 1 amide bonds. The van der Waals surface area contributed by atoms with Crippen molar-refractivity contribution in [3.8, 4) is 0 Å². The summed E-state index contributed by atoms with van der Waals surface area (Å²) in [6, 6.07) is 13.3. The molecule has 0 radical (unpaired) electrons. The van der Waals surface area contributed by atoms with Crippen molar-refractivity contribution in [1.29, 1.82) is 0 Å². The number of nitrogens with one attached hydrogen (secondary N) is 2. The van der Waals surface area contributed by atoms with E-state index in [4.69, 9.17) is 0 Å². The second-order valence-electron chi connectivity index (χ2n) is 5.17. The lowest BCUT2D eigenvalue weighted by Crippen LogP contribution is -2.35. The van der Waals surface area contributed by atoms with Gasteiger partial charge in [-0.1, -0.05) is 18.2 Å². The molecule has 0 saturated heterocycles. The number of hydrogen-bond donors (Lipinski definition) is 2. The number of nitro benzene ring substituents is 1.